The van der Waals surface area contributed by atoms with Crippen LogP contribution in [0.2, 0.25) is 0 Å². The number of benzene rings is 1. The van der Waals surface area contributed by atoms with E-state index >= 15 is 0 Å². The van der Waals surface area contributed by atoms with E-state index in [9.17, 15) is 29.4 Å². The second kappa shape index (κ2) is 13.7. The number of H-pyrrole nitrogens is 1. The van der Waals surface area contributed by atoms with E-state index < -0.39 is 60.0 Å². The predicted octanol–water partition coefficient (Wildman–Crippen LogP) is 0.0516. The average molecular weight is 585 g/mol. The number of primary amides is 1. The molecular formula is C30H44N6O6. The number of aromatic nitrogens is 1. The maximum Gasteiger partial charge on any atom is 0.243 e. The molecule has 12 nitrogen and oxygen atoms in total. The van der Waals surface area contributed by atoms with Crippen LogP contribution in [0.25, 0.3) is 10.9 Å². The maximum atomic E-state index is 14.0. The molecule has 0 spiro atoms. The number of aromatic amines is 1. The number of nitrogens with two attached hydrogens (primary N) is 2. The first-order valence-corrected chi connectivity index (χ1v) is 14.9. The zero-order valence-electron chi connectivity index (χ0n) is 24.3. The molecule has 9 N–H and O–H groups in total. The van der Waals surface area contributed by atoms with Crippen LogP contribution in [-0.2, 0) is 25.6 Å². The summed E-state index contributed by atoms with van der Waals surface area (Å²) in [5, 5.41) is 26.8. The SMILES string of the molecule is CCCC[C@H](O)[C@H](N)C(=O)N1CC2CCCC2[C@H]1C(=O)N[C@@H](Cc1c[nH]c2ccccc12)C(=O)N[C@H](C(N)=O)[C@@H](C)O. The van der Waals surface area contributed by atoms with Gasteiger partial charge in [0.2, 0.25) is 23.6 Å². The molecule has 2 aromatic rings. The number of carbonyl (C=O) groups excluding carboxylic acids is 4. The van der Waals surface area contributed by atoms with Gasteiger partial charge in [-0.1, -0.05) is 44.4 Å². The number of carbonyl (C=O) groups is 4. The zero-order chi connectivity index (χ0) is 30.6. The van der Waals surface area contributed by atoms with E-state index in [0.29, 0.717) is 13.0 Å². The Balaban J connectivity index is 1.60. The molecule has 2 aliphatic rings. The van der Waals surface area contributed by atoms with Crippen LogP contribution in [0.1, 0.15) is 57.9 Å². The number of aliphatic hydroxyl groups excluding tert-OH is 2. The molecule has 1 aromatic heterocycles. The van der Waals surface area contributed by atoms with Gasteiger partial charge in [-0.2, -0.15) is 0 Å². The molecule has 0 bridgehead atoms. The van der Waals surface area contributed by atoms with Crippen molar-refractivity contribution in [3.05, 3.63) is 36.0 Å². The lowest BCUT2D eigenvalue weighted by Crippen LogP contribution is -2.60. The third-order valence-corrected chi connectivity index (χ3v) is 8.81. The number of nitrogens with one attached hydrogen (secondary N) is 3. The Morgan fingerprint density at radius 1 is 1.14 bits per heavy atom. The van der Waals surface area contributed by atoms with E-state index in [0.717, 1.165) is 48.6 Å². The second-order valence-electron chi connectivity index (χ2n) is 11.8. The summed E-state index contributed by atoms with van der Waals surface area (Å²) in [5.41, 5.74) is 13.2. The Bertz CT molecular complexity index is 1280. The van der Waals surface area contributed by atoms with E-state index in [4.69, 9.17) is 11.5 Å². The van der Waals surface area contributed by atoms with Crippen molar-refractivity contribution in [2.24, 2.45) is 23.3 Å². The van der Waals surface area contributed by atoms with Gasteiger partial charge < -0.3 is 42.2 Å². The summed E-state index contributed by atoms with van der Waals surface area (Å²) < 4.78 is 0. The van der Waals surface area contributed by atoms with Gasteiger partial charge >= 0.3 is 0 Å². The first kappa shape index (κ1) is 31.5. The molecule has 1 aromatic carbocycles. The zero-order valence-corrected chi connectivity index (χ0v) is 24.3. The summed E-state index contributed by atoms with van der Waals surface area (Å²) >= 11 is 0. The predicted molar refractivity (Wildman–Crippen MR) is 157 cm³/mol. The molecule has 2 heterocycles. The molecule has 2 unspecified atom stereocenters. The van der Waals surface area contributed by atoms with Crippen LogP contribution in [0.3, 0.4) is 0 Å². The van der Waals surface area contributed by atoms with Gasteiger partial charge in [-0.25, -0.2) is 0 Å². The van der Waals surface area contributed by atoms with Crippen LogP contribution in [0.4, 0.5) is 0 Å². The summed E-state index contributed by atoms with van der Waals surface area (Å²) in [5.74, 6) is -2.55. The molecule has 42 heavy (non-hydrogen) atoms. The highest BCUT2D eigenvalue weighted by Crippen LogP contribution is 2.42. The number of amides is 4. The highest BCUT2D eigenvalue weighted by molar-refractivity contribution is 5.96. The number of nitrogens with zero attached hydrogens (tertiary/aromatic N) is 1. The standard InChI is InChI=1S/C30H44N6O6/c1-3-4-12-23(38)24(31)30(42)36-15-17-8-7-10-20(17)26(36)29(41)34-22(28(40)35-25(16(2)37)27(32)39)13-18-14-33-21-11-6-5-9-19(18)21/h5-6,9,11,14,16-17,20,22-26,33,37-38H,3-4,7-8,10,12-13,15,31H2,1-2H3,(H2,32,39)(H,34,41)(H,35,40)/t16-,17?,20?,22+,23+,24+,25+,26+/m1/s1. The molecule has 2 fully saturated rings. The number of fused-ring (bicyclic) bond motifs is 2. The van der Waals surface area contributed by atoms with E-state index in [-0.39, 0.29) is 18.3 Å². The number of para-hydroxylation sites is 1. The molecule has 1 aliphatic heterocycles. The van der Waals surface area contributed by atoms with Gasteiger partial charge in [-0.3, -0.25) is 19.2 Å². The van der Waals surface area contributed by atoms with Crippen molar-refractivity contribution < 1.29 is 29.4 Å². The second-order valence-corrected chi connectivity index (χ2v) is 11.8. The molecule has 12 heteroatoms. The monoisotopic (exact) mass is 584 g/mol. The molecule has 4 amide bonds. The molecule has 230 valence electrons. The van der Waals surface area contributed by atoms with Crippen molar-refractivity contribution in [2.45, 2.75) is 95.2 Å². The van der Waals surface area contributed by atoms with Crippen LogP contribution in [0.5, 0.6) is 0 Å². The lowest BCUT2D eigenvalue weighted by molar-refractivity contribution is -0.143. The van der Waals surface area contributed by atoms with Gasteiger partial charge in [0.05, 0.1) is 12.2 Å². The van der Waals surface area contributed by atoms with Gasteiger partial charge in [0.15, 0.2) is 0 Å². The Morgan fingerprint density at radius 3 is 2.57 bits per heavy atom. The fourth-order valence-electron chi connectivity index (χ4n) is 6.49. The van der Waals surface area contributed by atoms with E-state index in [1.165, 1.54) is 11.8 Å². The van der Waals surface area contributed by atoms with Crippen molar-refractivity contribution >= 4 is 34.5 Å². The Labute approximate surface area is 245 Å². The van der Waals surface area contributed by atoms with Crippen LogP contribution in [-0.4, -0.2) is 86.6 Å². The Hall–Kier alpha value is -3.48. The fraction of sp³-hybridized carbons (Fsp3) is 0.600. The number of aliphatic hydroxyl groups is 2. The number of rotatable bonds is 13. The largest absolute Gasteiger partial charge is 0.391 e. The number of hydrogen-bond acceptors (Lipinski definition) is 7. The third-order valence-electron chi connectivity index (χ3n) is 8.81. The summed E-state index contributed by atoms with van der Waals surface area (Å²) in [6, 6.07) is 3.03. The highest BCUT2D eigenvalue weighted by atomic mass is 16.3. The van der Waals surface area contributed by atoms with E-state index in [1.807, 2.05) is 31.2 Å². The topological polar surface area (TPSA) is 204 Å². The van der Waals surface area contributed by atoms with Gasteiger partial charge in [0.1, 0.15) is 24.2 Å². The van der Waals surface area contributed by atoms with Gasteiger partial charge in [-0.05, 0) is 49.7 Å². The number of likely N-dealkylation sites (tertiary alicyclic amines) is 1. The first-order valence-electron chi connectivity index (χ1n) is 14.9. The van der Waals surface area contributed by atoms with Crippen LogP contribution >= 0.6 is 0 Å². The van der Waals surface area contributed by atoms with E-state index in [2.05, 4.69) is 15.6 Å². The summed E-state index contributed by atoms with van der Waals surface area (Å²) in [7, 11) is 0. The Morgan fingerprint density at radius 2 is 1.88 bits per heavy atom. The highest BCUT2D eigenvalue weighted by Gasteiger charge is 2.51. The molecule has 1 aliphatic carbocycles. The average Bonchev–Trinajstić information content (AvgIpc) is 3.67. The smallest absolute Gasteiger partial charge is 0.243 e. The molecule has 0 radical (unpaired) electrons. The van der Waals surface area contributed by atoms with Crippen molar-refractivity contribution in [3.63, 3.8) is 0 Å². The number of hydrogen-bond donors (Lipinski definition) is 7. The number of unbranched alkanes of at least 4 members (excludes halogenated alkanes) is 1. The van der Waals surface area contributed by atoms with Crippen molar-refractivity contribution in [1.29, 1.82) is 0 Å². The van der Waals surface area contributed by atoms with Crippen molar-refractivity contribution in [2.75, 3.05) is 6.54 Å². The van der Waals surface area contributed by atoms with Crippen LogP contribution in [0, 0.1) is 11.8 Å². The van der Waals surface area contributed by atoms with Crippen LogP contribution in [0.15, 0.2) is 30.5 Å². The van der Waals surface area contributed by atoms with Gasteiger partial charge in [0.25, 0.3) is 0 Å². The molecule has 1 saturated carbocycles. The quantitative estimate of drug-likeness (QED) is 0.172. The fourth-order valence-corrected chi connectivity index (χ4v) is 6.49. The molecular weight excluding hydrogens is 540 g/mol. The minimum Gasteiger partial charge on any atom is -0.391 e. The normalized spacial score (nSPS) is 23.5. The molecule has 1 saturated heterocycles. The van der Waals surface area contributed by atoms with Crippen LogP contribution < -0.4 is 22.1 Å². The minimum absolute atomic E-state index is 0.0802. The summed E-state index contributed by atoms with van der Waals surface area (Å²) in [6.45, 7) is 3.68. The lowest BCUT2D eigenvalue weighted by atomic mass is 9.92. The van der Waals surface area contributed by atoms with Gasteiger partial charge in [0, 0.05) is 30.1 Å². The Kier molecular flexibility index (Phi) is 10.2. The van der Waals surface area contributed by atoms with Crippen molar-refractivity contribution in [3.8, 4) is 0 Å². The third kappa shape index (κ3) is 6.77. The summed E-state index contributed by atoms with van der Waals surface area (Å²) in [6.07, 6.45) is 4.09. The minimum atomic E-state index is -1.36. The molecule has 8 atom stereocenters. The van der Waals surface area contributed by atoms with Crippen molar-refractivity contribution in [1.82, 2.24) is 20.5 Å². The molecule has 4 rings (SSSR count). The van der Waals surface area contributed by atoms with E-state index in [1.54, 1.807) is 6.20 Å². The lowest BCUT2D eigenvalue weighted by Gasteiger charge is -2.32. The maximum absolute atomic E-state index is 14.0. The summed E-state index contributed by atoms with van der Waals surface area (Å²) in [4.78, 5) is 57.6. The van der Waals surface area contributed by atoms with Gasteiger partial charge in [-0.15, -0.1) is 0 Å². The first-order chi connectivity index (χ1) is 20.0.